The van der Waals surface area contributed by atoms with Crippen molar-refractivity contribution in [2.24, 2.45) is 0 Å². The van der Waals surface area contributed by atoms with Gasteiger partial charge in [-0.2, -0.15) is 0 Å². The summed E-state index contributed by atoms with van der Waals surface area (Å²) < 4.78 is 0. The molecule has 5 nitrogen and oxygen atoms in total. The molecule has 120 valence electrons. The number of hydrogen-bond acceptors (Lipinski definition) is 3. The minimum atomic E-state index is -0.123. The Hall–Kier alpha value is -1.30. The van der Waals surface area contributed by atoms with Crippen LogP contribution in [0.5, 0.6) is 0 Å². The summed E-state index contributed by atoms with van der Waals surface area (Å²) >= 11 is 11.8. The van der Waals surface area contributed by atoms with E-state index in [2.05, 4.69) is 5.32 Å². The van der Waals surface area contributed by atoms with Gasteiger partial charge in [-0.3, -0.25) is 9.59 Å². The van der Waals surface area contributed by atoms with Gasteiger partial charge < -0.3 is 15.1 Å². The Morgan fingerprint density at radius 1 is 1.23 bits per heavy atom. The van der Waals surface area contributed by atoms with E-state index in [4.69, 9.17) is 23.2 Å². The van der Waals surface area contributed by atoms with Gasteiger partial charge in [0.15, 0.2) is 0 Å². The third-order valence-electron chi connectivity index (χ3n) is 3.61. The molecule has 0 aromatic heterocycles. The number of hydrogen-bond donors (Lipinski definition) is 1. The molecular formula is C15H19Cl2N3O2. The van der Waals surface area contributed by atoms with Crippen molar-refractivity contribution in [3.8, 4) is 0 Å². The smallest absolute Gasteiger partial charge is 0.242 e. The zero-order valence-electron chi connectivity index (χ0n) is 12.4. The van der Waals surface area contributed by atoms with Crippen LogP contribution in [0.2, 0.25) is 10.0 Å². The second-order valence-corrected chi connectivity index (χ2v) is 6.12. The molecule has 1 fully saturated rings. The number of likely N-dealkylation sites (N-methyl/N-ethyl adjacent to an activating group) is 1. The van der Waals surface area contributed by atoms with Crippen LogP contribution >= 0.6 is 23.2 Å². The fourth-order valence-corrected chi connectivity index (χ4v) is 2.59. The molecule has 0 aliphatic carbocycles. The van der Waals surface area contributed by atoms with Crippen molar-refractivity contribution >= 4 is 35.0 Å². The highest BCUT2D eigenvalue weighted by Crippen LogP contribution is 2.22. The molecule has 1 aromatic carbocycles. The van der Waals surface area contributed by atoms with E-state index in [0.717, 1.165) is 18.7 Å². The number of nitrogens with zero attached hydrogens (tertiary/aromatic N) is 2. The molecule has 1 aromatic rings. The van der Waals surface area contributed by atoms with Crippen LogP contribution in [0.3, 0.4) is 0 Å². The SMILES string of the molecule is CN(CC(=O)N1CCNCC1)C(=O)Cc1ccc(Cl)c(Cl)c1. The Bertz CT molecular complexity index is 560. The van der Waals surface area contributed by atoms with Crippen molar-refractivity contribution in [3.63, 3.8) is 0 Å². The van der Waals surface area contributed by atoms with E-state index in [0.29, 0.717) is 23.1 Å². The van der Waals surface area contributed by atoms with Crippen molar-refractivity contribution in [3.05, 3.63) is 33.8 Å². The van der Waals surface area contributed by atoms with E-state index < -0.39 is 0 Å². The summed E-state index contributed by atoms with van der Waals surface area (Å²) in [6, 6.07) is 5.10. The Balaban J connectivity index is 1.88. The first-order chi connectivity index (χ1) is 10.5. The minimum absolute atomic E-state index is 0.0218. The lowest BCUT2D eigenvalue weighted by Crippen LogP contribution is -2.49. The largest absolute Gasteiger partial charge is 0.339 e. The molecule has 1 aliphatic rings. The number of halogens is 2. The Labute approximate surface area is 140 Å². The average molecular weight is 344 g/mol. The summed E-state index contributed by atoms with van der Waals surface area (Å²) in [6.07, 6.45) is 0.197. The van der Waals surface area contributed by atoms with Gasteiger partial charge in [-0.05, 0) is 17.7 Å². The molecule has 0 radical (unpaired) electrons. The van der Waals surface area contributed by atoms with E-state index >= 15 is 0 Å². The molecule has 0 bridgehead atoms. The highest BCUT2D eigenvalue weighted by Gasteiger charge is 2.20. The Morgan fingerprint density at radius 2 is 1.91 bits per heavy atom. The highest BCUT2D eigenvalue weighted by atomic mass is 35.5. The number of benzene rings is 1. The van der Waals surface area contributed by atoms with Crippen LogP contribution in [-0.4, -0.2) is 61.4 Å². The van der Waals surface area contributed by atoms with Crippen molar-refractivity contribution < 1.29 is 9.59 Å². The molecular weight excluding hydrogens is 325 g/mol. The van der Waals surface area contributed by atoms with Crippen LogP contribution in [0.1, 0.15) is 5.56 Å². The van der Waals surface area contributed by atoms with Gasteiger partial charge in [0.2, 0.25) is 11.8 Å². The predicted octanol–water partition coefficient (Wildman–Crippen LogP) is 1.43. The van der Waals surface area contributed by atoms with Gasteiger partial charge in [-0.25, -0.2) is 0 Å². The zero-order valence-corrected chi connectivity index (χ0v) is 14.0. The Morgan fingerprint density at radius 3 is 2.55 bits per heavy atom. The van der Waals surface area contributed by atoms with Gasteiger partial charge >= 0.3 is 0 Å². The van der Waals surface area contributed by atoms with Gasteiger partial charge in [-0.15, -0.1) is 0 Å². The average Bonchev–Trinajstić information content (AvgIpc) is 2.51. The van der Waals surface area contributed by atoms with Crippen LogP contribution in [0.4, 0.5) is 0 Å². The highest BCUT2D eigenvalue weighted by molar-refractivity contribution is 6.42. The lowest BCUT2D eigenvalue weighted by atomic mass is 10.1. The molecule has 0 spiro atoms. The molecule has 1 heterocycles. The minimum Gasteiger partial charge on any atom is -0.339 e. The van der Waals surface area contributed by atoms with Crippen molar-refractivity contribution in [1.82, 2.24) is 15.1 Å². The summed E-state index contributed by atoms with van der Waals surface area (Å²) in [5, 5.41) is 4.07. The van der Waals surface area contributed by atoms with Crippen molar-refractivity contribution in [2.75, 3.05) is 39.8 Å². The molecule has 2 amide bonds. The van der Waals surface area contributed by atoms with Crippen LogP contribution in [0.25, 0.3) is 0 Å². The van der Waals surface area contributed by atoms with Crippen LogP contribution in [-0.2, 0) is 16.0 Å². The summed E-state index contributed by atoms with van der Waals surface area (Å²) in [7, 11) is 1.64. The van der Waals surface area contributed by atoms with Crippen LogP contribution in [0.15, 0.2) is 18.2 Å². The Kier molecular flexibility index (Phi) is 6.06. The van der Waals surface area contributed by atoms with Crippen LogP contribution < -0.4 is 5.32 Å². The molecule has 1 aliphatic heterocycles. The first-order valence-corrected chi connectivity index (χ1v) is 7.89. The number of rotatable bonds is 4. The first kappa shape index (κ1) is 17.1. The normalized spacial score (nSPS) is 14.8. The lowest BCUT2D eigenvalue weighted by molar-refractivity contribution is -0.139. The van der Waals surface area contributed by atoms with E-state index in [1.165, 1.54) is 4.90 Å². The number of amides is 2. The summed E-state index contributed by atoms with van der Waals surface area (Å²) in [4.78, 5) is 27.6. The van der Waals surface area contributed by atoms with Crippen LogP contribution in [0, 0.1) is 0 Å². The maximum Gasteiger partial charge on any atom is 0.242 e. The lowest BCUT2D eigenvalue weighted by Gasteiger charge is -2.29. The van der Waals surface area contributed by atoms with E-state index in [1.807, 2.05) is 0 Å². The van der Waals surface area contributed by atoms with E-state index in [1.54, 1.807) is 30.1 Å². The maximum atomic E-state index is 12.2. The summed E-state index contributed by atoms with van der Waals surface area (Å²) in [6.45, 7) is 3.07. The van der Waals surface area contributed by atoms with Crippen molar-refractivity contribution in [2.45, 2.75) is 6.42 Å². The summed E-state index contributed by atoms with van der Waals surface area (Å²) in [5.74, 6) is -0.145. The van der Waals surface area contributed by atoms with Gasteiger partial charge in [-0.1, -0.05) is 29.3 Å². The second kappa shape index (κ2) is 7.81. The fourth-order valence-electron chi connectivity index (χ4n) is 2.26. The molecule has 7 heteroatoms. The fraction of sp³-hybridized carbons (Fsp3) is 0.467. The second-order valence-electron chi connectivity index (χ2n) is 5.31. The van der Waals surface area contributed by atoms with Gasteiger partial charge in [0.1, 0.15) is 0 Å². The summed E-state index contributed by atoms with van der Waals surface area (Å²) in [5.41, 5.74) is 0.779. The monoisotopic (exact) mass is 343 g/mol. The molecule has 0 saturated carbocycles. The molecule has 2 rings (SSSR count). The molecule has 22 heavy (non-hydrogen) atoms. The topological polar surface area (TPSA) is 52.7 Å². The standard InChI is InChI=1S/C15H19Cl2N3O2/c1-19(10-15(22)20-6-4-18-5-7-20)14(21)9-11-2-3-12(16)13(17)8-11/h2-3,8,18H,4-7,9-10H2,1H3. The number of nitrogens with one attached hydrogen (secondary N) is 1. The van der Waals surface area contributed by atoms with Crippen molar-refractivity contribution in [1.29, 1.82) is 0 Å². The van der Waals surface area contributed by atoms with E-state index in [9.17, 15) is 9.59 Å². The molecule has 0 unspecified atom stereocenters. The van der Waals surface area contributed by atoms with Gasteiger partial charge in [0, 0.05) is 33.2 Å². The zero-order chi connectivity index (χ0) is 16.1. The third kappa shape index (κ3) is 4.60. The first-order valence-electron chi connectivity index (χ1n) is 7.14. The third-order valence-corrected chi connectivity index (χ3v) is 4.35. The molecule has 1 N–H and O–H groups in total. The molecule has 0 atom stereocenters. The van der Waals surface area contributed by atoms with Gasteiger partial charge in [0.05, 0.1) is 23.0 Å². The molecule has 1 saturated heterocycles. The quantitative estimate of drug-likeness (QED) is 0.899. The predicted molar refractivity (Wildman–Crippen MR) is 87.3 cm³/mol. The van der Waals surface area contributed by atoms with Gasteiger partial charge in [0.25, 0.3) is 0 Å². The van der Waals surface area contributed by atoms with E-state index in [-0.39, 0.29) is 24.8 Å². The maximum absolute atomic E-state index is 12.2. The number of carbonyl (C=O) groups is 2. The number of carbonyl (C=O) groups excluding carboxylic acids is 2. The number of piperazine rings is 1.